The molecule has 6 heteroatoms. The second-order valence-corrected chi connectivity index (χ2v) is 5.28. The maximum absolute atomic E-state index is 12.2. The van der Waals surface area contributed by atoms with Crippen molar-refractivity contribution in [2.75, 3.05) is 13.6 Å². The molecule has 1 atom stereocenters. The average Bonchev–Trinajstić information content (AvgIpc) is 2.80. The van der Waals surface area contributed by atoms with Crippen LogP contribution in [-0.2, 0) is 4.79 Å². The highest BCUT2D eigenvalue weighted by atomic mass is 35.5. The van der Waals surface area contributed by atoms with E-state index in [1.165, 1.54) is 4.90 Å². The van der Waals surface area contributed by atoms with Crippen LogP contribution in [-0.4, -0.2) is 40.5 Å². The number of nitrogens with one attached hydrogen (secondary N) is 1. The van der Waals surface area contributed by atoms with Gasteiger partial charge in [-0.1, -0.05) is 24.6 Å². The summed E-state index contributed by atoms with van der Waals surface area (Å²) in [7, 11) is 1.58. The SMILES string of the molecule is CC(CN(C)C(=O)c1cc2ccc(Cl)cc2[nH]1)C(=O)O. The number of fused-ring (bicyclic) bond motifs is 1. The molecule has 0 spiro atoms. The molecule has 20 heavy (non-hydrogen) atoms. The number of rotatable bonds is 4. The molecule has 0 aliphatic heterocycles. The van der Waals surface area contributed by atoms with E-state index in [9.17, 15) is 9.59 Å². The number of hydrogen-bond acceptors (Lipinski definition) is 2. The number of aromatic amines is 1. The summed E-state index contributed by atoms with van der Waals surface area (Å²) in [5.74, 6) is -1.78. The first-order chi connectivity index (χ1) is 9.38. The van der Waals surface area contributed by atoms with Crippen LogP contribution in [0.1, 0.15) is 17.4 Å². The lowest BCUT2D eigenvalue weighted by Crippen LogP contribution is -2.33. The van der Waals surface area contributed by atoms with Gasteiger partial charge >= 0.3 is 5.97 Å². The van der Waals surface area contributed by atoms with Crippen molar-refractivity contribution in [2.45, 2.75) is 6.92 Å². The number of hydrogen-bond donors (Lipinski definition) is 2. The lowest BCUT2D eigenvalue weighted by atomic mass is 10.1. The van der Waals surface area contributed by atoms with Crippen molar-refractivity contribution in [1.29, 1.82) is 0 Å². The Morgan fingerprint density at radius 1 is 1.40 bits per heavy atom. The molecule has 0 radical (unpaired) electrons. The fraction of sp³-hybridized carbons (Fsp3) is 0.286. The maximum Gasteiger partial charge on any atom is 0.308 e. The molecule has 1 aromatic carbocycles. The second kappa shape index (κ2) is 5.54. The fourth-order valence-electron chi connectivity index (χ4n) is 1.99. The van der Waals surface area contributed by atoms with Gasteiger partial charge in [-0.2, -0.15) is 0 Å². The van der Waals surface area contributed by atoms with Gasteiger partial charge in [-0.3, -0.25) is 9.59 Å². The quantitative estimate of drug-likeness (QED) is 0.910. The zero-order chi connectivity index (χ0) is 14.9. The van der Waals surface area contributed by atoms with Gasteiger partial charge in [0.2, 0.25) is 0 Å². The third kappa shape index (κ3) is 2.93. The molecule has 1 unspecified atom stereocenters. The monoisotopic (exact) mass is 294 g/mol. The van der Waals surface area contributed by atoms with E-state index >= 15 is 0 Å². The Labute approximate surface area is 121 Å². The summed E-state index contributed by atoms with van der Waals surface area (Å²) in [5.41, 5.74) is 1.20. The summed E-state index contributed by atoms with van der Waals surface area (Å²) in [6.45, 7) is 1.72. The number of H-pyrrole nitrogens is 1. The molecule has 5 nitrogen and oxygen atoms in total. The van der Waals surface area contributed by atoms with Crippen LogP contribution >= 0.6 is 11.6 Å². The number of halogens is 1. The topological polar surface area (TPSA) is 73.4 Å². The number of carboxylic acid groups (broad SMARTS) is 1. The summed E-state index contributed by atoms with van der Waals surface area (Å²) < 4.78 is 0. The minimum absolute atomic E-state index is 0.157. The largest absolute Gasteiger partial charge is 0.481 e. The molecule has 1 aromatic heterocycles. The standard InChI is InChI=1S/C14H15ClN2O3/c1-8(14(19)20)7-17(2)13(18)12-5-9-3-4-10(15)6-11(9)16-12/h3-6,8,16H,7H2,1-2H3,(H,19,20). The summed E-state index contributed by atoms with van der Waals surface area (Å²) >= 11 is 5.89. The van der Waals surface area contributed by atoms with Crippen LogP contribution in [0.15, 0.2) is 24.3 Å². The highest BCUT2D eigenvalue weighted by Crippen LogP contribution is 2.20. The molecule has 2 aromatic rings. The van der Waals surface area contributed by atoms with Gasteiger partial charge in [0, 0.05) is 29.5 Å². The Balaban J connectivity index is 2.20. The molecular weight excluding hydrogens is 280 g/mol. The van der Waals surface area contributed by atoms with E-state index in [1.807, 2.05) is 6.07 Å². The summed E-state index contributed by atoms with van der Waals surface area (Å²) in [6, 6.07) is 7.05. The van der Waals surface area contributed by atoms with Crippen LogP contribution in [0, 0.1) is 5.92 Å². The van der Waals surface area contributed by atoms with Gasteiger partial charge in [0.15, 0.2) is 0 Å². The van der Waals surface area contributed by atoms with Gasteiger partial charge in [-0.25, -0.2) is 0 Å². The highest BCUT2D eigenvalue weighted by Gasteiger charge is 2.19. The van der Waals surface area contributed by atoms with E-state index in [1.54, 1.807) is 32.2 Å². The zero-order valence-electron chi connectivity index (χ0n) is 11.2. The van der Waals surface area contributed by atoms with Crippen LogP contribution in [0.25, 0.3) is 10.9 Å². The smallest absolute Gasteiger partial charge is 0.308 e. The first-order valence-electron chi connectivity index (χ1n) is 6.15. The van der Waals surface area contributed by atoms with Crippen molar-refractivity contribution in [1.82, 2.24) is 9.88 Å². The molecular formula is C14H15ClN2O3. The number of aliphatic carboxylic acids is 1. The maximum atomic E-state index is 12.2. The van der Waals surface area contributed by atoms with Gasteiger partial charge in [-0.15, -0.1) is 0 Å². The van der Waals surface area contributed by atoms with Crippen molar-refractivity contribution in [3.05, 3.63) is 35.0 Å². The van der Waals surface area contributed by atoms with Crippen LogP contribution in [0.3, 0.4) is 0 Å². The molecule has 0 bridgehead atoms. The number of benzene rings is 1. The minimum Gasteiger partial charge on any atom is -0.481 e. The Morgan fingerprint density at radius 3 is 2.75 bits per heavy atom. The lowest BCUT2D eigenvalue weighted by molar-refractivity contribution is -0.141. The summed E-state index contributed by atoms with van der Waals surface area (Å²) in [6.07, 6.45) is 0. The van der Waals surface area contributed by atoms with Crippen molar-refractivity contribution >= 4 is 34.4 Å². The lowest BCUT2D eigenvalue weighted by Gasteiger charge is -2.18. The van der Waals surface area contributed by atoms with E-state index < -0.39 is 11.9 Å². The third-order valence-electron chi connectivity index (χ3n) is 3.13. The van der Waals surface area contributed by atoms with E-state index in [0.717, 1.165) is 10.9 Å². The van der Waals surface area contributed by atoms with E-state index in [-0.39, 0.29) is 12.5 Å². The first-order valence-corrected chi connectivity index (χ1v) is 6.53. The van der Waals surface area contributed by atoms with Crippen LogP contribution in [0.2, 0.25) is 5.02 Å². The Hall–Kier alpha value is -2.01. The Bertz CT molecular complexity index is 665. The molecule has 106 valence electrons. The average molecular weight is 295 g/mol. The van der Waals surface area contributed by atoms with Gasteiger partial charge in [-0.05, 0) is 18.2 Å². The Kier molecular flexibility index (Phi) is 3.99. The van der Waals surface area contributed by atoms with Gasteiger partial charge < -0.3 is 15.0 Å². The summed E-state index contributed by atoms with van der Waals surface area (Å²) in [5, 5.41) is 10.3. The number of carboxylic acids is 1. The summed E-state index contributed by atoms with van der Waals surface area (Å²) in [4.78, 5) is 27.4. The molecule has 0 saturated carbocycles. The molecule has 2 N–H and O–H groups in total. The van der Waals surface area contributed by atoms with Gasteiger partial charge in [0.05, 0.1) is 5.92 Å². The van der Waals surface area contributed by atoms with E-state index in [4.69, 9.17) is 16.7 Å². The molecule has 1 amide bonds. The van der Waals surface area contributed by atoms with E-state index in [2.05, 4.69) is 4.98 Å². The van der Waals surface area contributed by atoms with Gasteiger partial charge in [0.1, 0.15) is 5.69 Å². The molecule has 0 fully saturated rings. The van der Waals surface area contributed by atoms with E-state index in [0.29, 0.717) is 10.7 Å². The predicted molar refractivity (Wildman–Crippen MR) is 77.1 cm³/mol. The second-order valence-electron chi connectivity index (χ2n) is 4.84. The molecule has 1 heterocycles. The van der Waals surface area contributed by atoms with Crippen molar-refractivity contribution < 1.29 is 14.7 Å². The zero-order valence-corrected chi connectivity index (χ0v) is 11.9. The molecule has 0 aliphatic rings. The number of nitrogens with zero attached hydrogens (tertiary/aromatic N) is 1. The molecule has 0 saturated heterocycles. The van der Waals surface area contributed by atoms with Crippen LogP contribution in [0.4, 0.5) is 0 Å². The normalized spacial score (nSPS) is 12.3. The Morgan fingerprint density at radius 2 is 2.10 bits per heavy atom. The van der Waals surface area contributed by atoms with Crippen molar-refractivity contribution in [2.24, 2.45) is 5.92 Å². The highest BCUT2D eigenvalue weighted by molar-refractivity contribution is 6.31. The first kappa shape index (κ1) is 14.4. The van der Waals surface area contributed by atoms with Crippen molar-refractivity contribution in [3.8, 4) is 0 Å². The van der Waals surface area contributed by atoms with Crippen LogP contribution < -0.4 is 0 Å². The predicted octanol–water partition coefficient (Wildman–Crippen LogP) is 2.61. The number of aromatic nitrogens is 1. The molecule has 2 rings (SSSR count). The van der Waals surface area contributed by atoms with Crippen molar-refractivity contribution in [3.63, 3.8) is 0 Å². The minimum atomic E-state index is -0.923. The number of carbonyl (C=O) groups excluding carboxylic acids is 1. The van der Waals surface area contributed by atoms with Crippen LogP contribution in [0.5, 0.6) is 0 Å². The third-order valence-corrected chi connectivity index (χ3v) is 3.37. The number of amides is 1. The number of carbonyl (C=O) groups is 2. The molecule has 0 aliphatic carbocycles. The fourth-order valence-corrected chi connectivity index (χ4v) is 2.16. The van der Waals surface area contributed by atoms with Gasteiger partial charge in [0.25, 0.3) is 5.91 Å².